The third-order valence-electron chi connectivity index (χ3n) is 7.43. The van der Waals surface area contributed by atoms with E-state index in [2.05, 4.69) is 22.0 Å². The Hall–Kier alpha value is -4.04. The highest BCUT2D eigenvalue weighted by Crippen LogP contribution is 2.47. The summed E-state index contributed by atoms with van der Waals surface area (Å²) in [6, 6.07) is 20.1. The maximum atomic E-state index is 13.2. The van der Waals surface area contributed by atoms with Gasteiger partial charge in [-0.3, -0.25) is 5.32 Å². The van der Waals surface area contributed by atoms with Gasteiger partial charge in [-0.05, 0) is 61.7 Å². The molecule has 0 bridgehead atoms. The van der Waals surface area contributed by atoms with Gasteiger partial charge in [0.25, 0.3) is 0 Å². The molecule has 8 heteroatoms. The van der Waals surface area contributed by atoms with Crippen LogP contribution in [-0.4, -0.2) is 30.0 Å². The number of halogens is 1. The van der Waals surface area contributed by atoms with Gasteiger partial charge >= 0.3 is 6.09 Å². The molecule has 4 aromatic rings. The number of aromatic nitrogens is 1. The summed E-state index contributed by atoms with van der Waals surface area (Å²) in [4.78, 5) is 12.5. The van der Waals surface area contributed by atoms with Gasteiger partial charge in [-0.15, -0.1) is 0 Å². The monoisotopic (exact) mass is 529 g/mol. The maximum Gasteiger partial charge on any atom is 0.412 e. The molecule has 2 aliphatic rings. The number of carbonyl (C=O) groups is 1. The minimum Gasteiger partial charge on any atom is -0.490 e. The normalized spacial score (nSPS) is 16.7. The minimum atomic E-state index is -0.580. The Balaban J connectivity index is 1.21. The summed E-state index contributed by atoms with van der Waals surface area (Å²) in [6.07, 6.45) is 3.09. The number of rotatable bonds is 7. The van der Waals surface area contributed by atoms with Gasteiger partial charge < -0.3 is 24.5 Å². The largest absolute Gasteiger partial charge is 0.490 e. The summed E-state index contributed by atoms with van der Waals surface area (Å²) in [5.41, 5.74) is 11.8. The highest BCUT2D eigenvalue weighted by Gasteiger charge is 2.30. The molecular weight excluding hydrogens is 497 g/mol. The second-order valence-corrected chi connectivity index (χ2v) is 10.3. The van der Waals surface area contributed by atoms with Crippen molar-refractivity contribution < 1.29 is 23.4 Å². The number of nitrogens with zero attached hydrogens (tertiary/aromatic N) is 1. The molecule has 3 aromatic carbocycles. The number of anilines is 2. The van der Waals surface area contributed by atoms with Crippen molar-refractivity contribution in [2.24, 2.45) is 0 Å². The molecule has 1 aliphatic heterocycles. The molecule has 3 N–H and O–H groups in total. The fraction of sp³-hybridized carbons (Fsp3) is 0.323. The average Bonchev–Trinajstić information content (AvgIpc) is 3.74. The van der Waals surface area contributed by atoms with E-state index < -0.39 is 12.2 Å². The Bertz CT molecular complexity index is 1470. The number of nitrogens with one attached hydrogen (secondary N) is 1. The molecule has 2 heterocycles. The van der Waals surface area contributed by atoms with E-state index in [4.69, 9.17) is 19.9 Å². The number of carbonyl (C=O) groups excluding carboxylic acids is 1. The average molecular weight is 530 g/mol. The summed E-state index contributed by atoms with van der Waals surface area (Å²) in [7, 11) is 0. The molecule has 7 nitrogen and oxygen atoms in total. The van der Waals surface area contributed by atoms with Crippen LogP contribution >= 0.6 is 0 Å². The molecule has 1 amide bonds. The van der Waals surface area contributed by atoms with Crippen LogP contribution in [0.25, 0.3) is 22.2 Å². The highest BCUT2D eigenvalue weighted by molar-refractivity contribution is 6.02. The standard InChI is InChI=1S/C31H32FN3O4/c1-19(20-2-6-22(32)7-3-20)38-31(36)34-23-8-4-21(5-9-23)30-29(33)27-13-12-26(39-25-14-16-37-17-15-25)18-28(27)35(30)24-10-11-24/h2-9,12-13,18-19,24-25H,10-11,14-17,33H2,1H3,(H,34,36). The summed E-state index contributed by atoms with van der Waals surface area (Å²) in [5, 5.41) is 3.78. The fourth-order valence-electron chi connectivity index (χ4n) is 5.20. The number of amides is 1. The number of benzene rings is 3. The van der Waals surface area contributed by atoms with Crippen molar-refractivity contribution in [1.29, 1.82) is 0 Å². The van der Waals surface area contributed by atoms with Crippen LogP contribution in [0.3, 0.4) is 0 Å². The fourth-order valence-corrected chi connectivity index (χ4v) is 5.20. The zero-order valence-electron chi connectivity index (χ0n) is 21.9. The van der Waals surface area contributed by atoms with E-state index in [0.717, 1.165) is 72.5 Å². The van der Waals surface area contributed by atoms with E-state index in [-0.39, 0.29) is 11.9 Å². The van der Waals surface area contributed by atoms with Crippen LogP contribution in [0.5, 0.6) is 5.75 Å². The lowest BCUT2D eigenvalue weighted by atomic mass is 10.1. The number of hydrogen-bond acceptors (Lipinski definition) is 5. The van der Waals surface area contributed by atoms with Crippen molar-refractivity contribution in [2.45, 2.75) is 50.9 Å². The van der Waals surface area contributed by atoms with Crippen LogP contribution < -0.4 is 15.8 Å². The SMILES string of the molecule is CC(OC(=O)Nc1ccc(-c2c(N)c3ccc(OC4CCOCC4)cc3n2C2CC2)cc1)c1ccc(F)cc1. The van der Waals surface area contributed by atoms with Gasteiger partial charge in [0.2, 0.25) is 0 Å². The third-order valence-corrected chi connectivity index (χ3v) is 7.43. The van der Waals surface area contributed by atoms with Gasteiger partial charge in [0, 0.05) is 41.6 Å². The van der Waals surface area contributed by atoms with Gasteiger partial charge in [-0.1, -0.05) is 24.3 Å². The quantitative estimate of drug-likeness (QED) is 0.264. The molecule has 0 spiro atoms. The first-order chi connectivity index (χ1) is 19.0. The van der Waals surface area contributed by atoms with Crippen molar-refractivity contribution in [1.82, 2.24) is 4.57 Å². The summed E-state index contributed by atoms with van der Waals surface area (Å²) < 4.78 is 32.7. The van der Waals surface area contributed by atoms with Crippen LogP contribution in [0.2, 0.25) is 0 Å². The molecule has 39 heavy (non-hydrogen) atoms. The van der Waals surface area contributed by atoms with Crippen LogP contribution in [0.1, 0.15) is 50.3 Å². The predicted molar refractivity (Wildman–Crippen MR) is 149 cm³/mol. The van der Waals surface area contributed by atoms with Crippen molar-refractivity contribution in [3.63, 3.8) is 0 Å². The lowest BCUT2D eigenvalue weighted by molar-refractivity contribution is 0.0256. The zero-order valence-corrected chi connectivity index (χ0v) is 21.9. The number of fused-ring (bicyclic) bond motifs is 1. The second-order valence-electron chi connectivity index (χ2n) is 10.3. The van der Waals surface area contributed by atoms with Crippen LogP contribution in [0, 0.1) is 5.82 Å². The first kappa shape index (κ1) is 25.2. The Morgan fingerprint density at radius 3 is 2.44 bits per heavy atom. The smallest absolute Gasteiger partial charge is 0.412 e. The van der Waals surface area contributed by atoms with Crippen molar-refractivity contribution in [2.75, 3.05) is 24.3 Å². The van der Waals surface area contributed by atoms with Crippen LogP contribution in [-0.2, 0) is 9.47 Å². The summed E-state index contributed by atoms with van der Waals surface area (Å²) >= 11 is 0. The topological polar surface area (TPSA) is 87.7 Å². The van der Waals surface area contributed by atoms with Gasteiger partial charge in [0.1, 0.15) is 23.8 Å². The number of nitrogens with two attached hydrogens (primary N) is 1. The predicted octanol–water partition coefficient (Wildman–Crippen LogP) is 7.23. The van der Waals surface area contributed by atoms with Crippen molar-refractivity contribution in [3.05, 3.63) is 78.1 Å². The zero-order chi connectivity index (χ0) is 26.9. The van der Waals surface area contributed by atoms with E-state index in [9.17, 15) is 9.18 Å². The number of ether oxygens (including phenoxy) is 3. The Morgan fingerprint density at radius 2 is 1.74 bits per heavy atom. The molecule has 1 saturated heterocycles. The molecule has 1 aliphatic carbocycles. The molecule has 2 fully saturated rings. The molecule has 1 aromatic heterocycles. The van der Waals surface area contributed by atoms with Gasteiger partial charge in [0.05, 0.1) is 30.1 Å². The Labute approximate surface area is 226 Å². The molecule has 6 rings (SSSR count). The van der Waals surface area contributed by atoms with E-state index in [1.165, 1.54) is 12.1 Å². The van der Waals surface area contributed by atoms with Gasteiger partial charge in [0.15, 0.2) is 0 Å². The van der Waals surface area contributed by atoms with Crippen LogP contribution in [0.15, 0.2) is 66.7 Å². The third kappa shape index (κ3) is 5.43. The number of hydrogen-bond donors (Lipinski definition) is 2. The molecular formula is C31H32FN3O4. The lowest BCUT2D eigenvalue weighted by Crippen LogP contribution is -2.25. The first-order valence-corrected chi connectivity index (χ1v) is 13.5. The van der Waals surface area contributed by atoms with E-state index in [1.807, 2.05) is 30.3 Å². The van der Waals surface area contributed by atoms with Crippen molar-refractivity contribution in [3.8, 4) is 17.0 Å². The summed E-state index contributed by atoms with van der Waals surface area (Å²) in [5.74, 6) is 0.522. The first-order valence-electron chi connectivity index (χ1n) is 13.5. The van der Waals surface area contributed by atoms with E-state index in [0.29, 0.717) is 17.3 Å². The highest BCUT2D eigenvalue weighted by atomic mass is 19.1. The maximum absolute atomic E-state index is 13.2. The molecule has 1 saturated carbocycles. The molecule has 0 radical (unpaired) electrons. The molecule has 1 atom stereocenters. The van der Waals surface area contributed by atoms with Crippen molar-refractivity contribution >= 4 is 28.4 Å². The summed E-state index contributed by atoms with van der Waals surface area (Å²) in [6.45, 7) is 3.21. The van der Waals surface area contributed by atoms with Gasteiger partial charge in [-0.2, -0.15) is 0 Å². The minimum absolute atomic E-state index is 0.169. The van der Waals surface area contributed by atoms with E-state index in [1.54, 1.807) is 19.1 Å². The second kappa shape index (κ2) is 10.6. The Kier molecular flexibility index (Phi) is 6.87. The van der Waals surface area contributed by atoms with E-state index >= 15 is 0 Å². The molecule has 202 valence electrons. The lowest BCUT2D eigenvalue weighted by Gasteiger charge is -2.23. The van der Waals surface area contributed by atoms with Crippen LogP contribution in [0.4, 0.5) is 20.6 Å². The number of nitrogen functional groups attached to an aromatic ring is 1. The van der Waals surface area contributed by atoms with Gasteiger partial charge in [-0.25, -0.2) is 9.18 Å². The molecule has 1 unspecified atom stereocenters. The Morgan fingerprint density at radius 1 is 1.03 bits per heavy atom.